The summed E-state index contributed by atoms with van der Waals surface area (Å²) in [5.41, 5.74) is 2.21. The van der Waals surface area contributed by atoms with Gasteiger partial charge in [-0.05, 0) is 37.0 Å². The molecule has 1 aromatic carbocycles. The van der Waals surface area contributed by atoms with Crippen LogP contribution in [0.25, 0.3) is 0 Å². The van der Waals surface area contributed by atoms with Gasteiger partial charge in [0.2, 0.25) is 0 Å². The van der Waals surface area contributed by atoms with Crippen LogP contribution in [0.15, 0.2) is 18.2 Å². The lowest BCUT2D eigenvalue weighted by molar-refractivity contribution is -0.147. The van der Waals surface area contributed by atoms with Crippen LogP contribution in [-0.4, -0.2) is 37.6 Å². The van der Waals surface area contributed by atoms with Gasteiger partial charge < -0.3 is 14.8 Å². The van der Waals surface area contributed by atoms with Crippen molar-refractivity contribution in [3.8, 4) is 0 Å². The topological polar surface area (TPSA) is 81.7 Å². The number of esters is 2. The lowest BCUT2D eigenvalue weighted by Crippen LogP contribution is -2.47. The number of hydrogen-bond acceptors (Lipinski definition) is 5. The fraction of sp³-hybridized carbons (Fsp3) is 0.500. The predicted octanol–water partition coefficient (Wildman–Crippen LogP) is 2.16. The molecular formula is C18H25NO5. The first kappa shape index (κ1) is 19.7. The molecule has 0 bridgehead atoms. The summed E-state index contributed by atoms with van der Waals surface area (Å²) in [7, 11) is 1.27. The molecule has 6 nitrogen and oxygen atoms in total. The molecule has 1 amide bonds. The first-order valence-corrected chi connectivity index (χ1v) is 7.92. The van der Waals surface area contributed by atoms with Crippen molar-refractivity contribution in [1.82, 2.24) is 5.32 Å². The Morgan fingerprint density at radius 3 is 2.46 bits per heavy atom. The molecule has 0 spiro atoms. The molecule has 6 heteroatoms. The summed E-state index contributed by atoms with van der Waals surface area (Å²) in [6, 6.07) is 4.55. The monoisotopic (exact) mass is 335 g/mol. The Labute approximate surface area is 142 Å². The van der Waals surface area contributed by atoms with Crippen LogP contribution in [0.1, 0.15) is 41.8 Å². The molecule has 1 aromatic rings. The average Bonchev–Trinajstić information content (AvgIpc) is 2.58. The SMILES string of the molecule is CC[C@H](C)[C@@H](NC(=O)COC(=O)c1cccc(C)c1C)C(=O)OC. The molecule has 2 atom stereocenters. The Kier molecular flexibility index (Phi) is 7.42. The summed E-state index contributed by atoms with van der Waals surface area (Å²) in [6.07, 6.45) is 0.697. The zero-order valence-corrected chi connectivity index (χ0v) is 14.8. The molecule has 0 heterocycles. The second kappa shape index (κ2) is 9.05. The number of rotatable bonds is 7. The molecule has 0 aliphatic rings. The molecule has 0 fully saturated rings. The third-order valence-electron chi connectivity index (χ3n) is 4.14. The summed E-state index contributed by atoms with van der Waals surface area (Å²) in [5, 5.41) is 2.56. The van der Waals surface area contributed by atoms with Crippen LogP contribution in [0.5, 0.6) is 0 Å². The Bertz CT molecular complexity index is 611. The van der Waals surface area contributed by atoms with Crippen molar-refractivity contribution in [2.45, 2.75) is 40.2 Å². The number of carbonyl (C=O) groups is 3. The van der Waals surface area contributed by atoms with Crippen LogP contribution in [0.4, 0.5) is 0 Å². The molecule has 0 aliphatic heterocycles. The van der Waals surface area contributed by atoms with E-state index in [1.54, 1.807) is 12.1 Å². The van der Waals surface area contributed by atoms with Crippen molar-refractivity contribution in [2.75, 3.05) is 13.7 Å². The van der Waals surface area contributed by atoms with Gasteiger partial charge in [-0.15, -0.1) is 0 Å². The van der Waals surface area contributed by atoms with E-state index in [9.17, 15) is 14.4 Å². The zero-order chi connectivity index (χ0) is 18.3. The van der Waals surface area contributed by atoms with Crippen molar-refractivity contribution in [2.24, 2.45) is 5.92 Å². The number of ether oxygens (including phenoxy) is 2. The summed E-state index contributed by atoms with van der Waals surface area (Å²) in [6.45, 7) is 7.02. The summed E-state index contributed by atoms with van der Waals surface area (Å²) in [4.78, 5) is 35.8. The van der Waals surface area contributed by atoms with Gasteiger partial charge in [0.1, 0.15) is 6.04 Å². The van der Waals surface area contributed by atoms with Gasteiger partial charge in [-0.1, -0.05) is 32.4 Å². The number of methoxy groups -OCH3 is 1. The Morgan fingerprint density at radius 1 is 1.21 bits per heavy atom. The van der Waals surface area contributed by atoms with Gasteiger partial charge in [-0.2, -0.15) is 0 Å². The van der Waals surface area contributed by atoms with Crippen molar-refractivity contribution in [3.05, 3.63) is 34.9 Å². The van der Waals surface area contributed by atoms with Crippen molar-refractivity contribution in [1.29, 1.82) is 0 Å². The van der Waals surface area contributed by atoms with E-state index in [1.807, 2.05) is 33.8 Å². The Balaban J connectivity index is 2.66. The Morgan fingerprint density at radius 2 is 1.88 bits per heavy atom. The normalized spacial score (nSPS) is 12.9. The molecule has 0 unspecified atom stereocenters. The fourth-order valence-electron chi connectivity index (χ4n) is 2.19. The molecule has 0 saturated heterocycles. The van der Waals surface area contributed by atoms with Gasteiger partial charge in [0, 0.05) is 0 Å². The maximum Gasteiger partial charge on any atom is 0.338 e. The van der Waals surface area contributed by atoms with E-state index in [0.29, 0.717) is 12.0 Å². The molecule has 0 saturated carbocycles. The predicted molar refractivity (Wildman–Crippen MR) is 89.6 cm³/mol. The van der Waals surface area contributed by atoms with Crippen molar-refractivity contribution in [3.63, 3.8) is 0 Å². The second-order valence-corrected chi connectivity index (χ2v) is 5.78. The summed E-state index contributed by atoms with van der Waals surface area (Å²) in [5.74, 6) is -1.71. The standard InChI is InChI=1S/C18H25NO5/c1-6-11(2)16(18(22)23-5)19-15(20)10-24-17(21)14-9-7-8-12(3)13(14)4/h7-9,11,16H,6,10H2,1-5H3,(H,19,20)/t11-,16+/m0/s1. The van der Waals surface area contributed by atoms with Crippen LogP contribution in [0.3, 0.4) is 0 Å². The van der Waals surface area contributed by atoms with Gasteiger partial charge in [0.25, 0.3) is 5.91 Å². The first-order valence-electron chi connectivity index (χ1n) is 7.92. The van der Waals surface area contributed by atoms with Crippen LogP contribution >= 0.6 is 0 Å². The minimum Gasteiger partial charge on any atom is -0.467 e. The number of aryl methyl sites for hydroxylation is 1. The van der Waals surface area contributed by atoms with Crippen LogP contribution in [0.2, 0.25) is 0 Å². The highest BCUT2D eigenvalue weighted by Crippen LogP contribution is 2.14. The van der Waals surface area contributed by atoms with E-state index in [0.717, 1.165) is 11.1 Å². The number of amides is 1. The lowest BCUT2D eigenvalue weighted by atomic mass is 9.99. The molecule has 1 N–H and O–H groups in total. The van der Waals surface area contributed by atoms with E-state index in [1.165, 1.54) is 7.11 Å². The van der Waals surface area contributed by atoms with E-state index >= 15 is 0 Å². The van der Waals surface area contributed by atoms with E-state index in [4.69, 9.17) is 9.47 Å². The van der Waals surface area contributed by atoms with E-state index in [-0.39, 0.29) is 5.92 Å². The summed E-state index contributed by atoms with van der Waals surface area (Å²) < 4.78 is 9.75. The average molecular weight is 335 g/mol. The third kappa shape index (κ3) is 5.08. The van der Waals surface area contributed by atoms with Gasteiger partial charge in [-0.3, -0.25) is 4.79 Å². The first-order chi connectivity index (χ1) is 11.3. The molecule has 24 heavy (non-hydrogen) atoms. The maximum absolute atomic E-state index is 12.1. The quantitative estimate of drug-likeness (QED) is 0.772. The largest absolute Gasteiger partial charge is 0.467 e. The lowest BCUT2D eigenvalue weighted by Gasteiger charge is -2.21. The minimum atomic E-state index is -0.757. The van der Waals surface area contributed by atoms with Gasteiger partial charge in [0.15, 0.2) is 6.61 Å². The Hall–Kier alpha value is -2.37. The second-order valence-electron chi connectivity index (χ2n) is 5.78. The van der Waals surface area contributed by atoms with Crippen LogP contribution in [-0.2, 0) is 19.1 Å². The number of benzene rings is 1. The zero-order valence-electron chi connectivity index (χ0n) is 14.8. The molecule has 0 radical (unpaired) electrons. The highest BCUT2D eigenvalue weighted by Gasteiger charge is 2.27. The molecule has 132 valence electrons. The van der Waals surface area contributed by atoms with Gasteiger partial charge in [-0.25, -0.2) is 9.59 Å². The fourth-order valence-corrected chi connectivity index (χ4v) is 2.19. The number of carbonyl (C=O) groups excluding carboxylic acids is 3. The van der Waals surface area contributed by atoms with E-state index in [2.05, 4.69) is 5.32 Å². The maximum atomic E-state index is 12.1. The molecule has 0 aromatic heterocycles. The van der Waals surface area contributed by atoms with E-state index < -0.39 is 30.5 Å². The minimum absolute atomic E-state index is 0.0869. The molecule has 0 aliphatic carbocycles. The van der Waals surface area contributed by atoms with Crippen LogP contribution in [0, 0.1) is 19.8 Å². The highest BCUT2D eigenvalue weighted by atomic mass is 16.5. The van der Waals surface area contributed by atoms with Gasteiger partial charge in [0.05, 0.1) is 12.7 Å². The summed E-state index contributed by atoms with van der Waals surface area (Å²) >= 11 is 0. The third-order valence-corrected chi connectivity index (χ3v) is 4.14. The van der Waals surface area contributed by atoms with Gasteiger partial charge >= 0.3 is 11.9 Å². The van der Waals surface area contributed by atoms with Crippen molar-refractivity contribution < 1.29 is 23.9 Å². The number of hydrogen-bond donors (Lipinski definition) is 1. The highest BCUT2D eigenvalue weighted by molar-refractivity contribution is 5.93. The van der Waals surface area contributed by atoms with Crippen molar-refractivity contribution >= 4 is 17.8 Å². The van der Waals surface area contributed by atoms with Crippen LogP contribution < -0.4 is 5.32 Å². The number of nitrogens with one attached hydrogen (secondary N) is 1. The molecule has 1 rings (SSSR count). The smallest absolute Gasteiger partial charge is 0.338 e. The molecular weight excluding hydrogens is 310 g/mol.